The van der Waals surface area contributed by atoms with E-state index in [1.54, 1.807) is 0 Å². The quantitative estimate of drug-likeness (QED) is 0.588. The largest absolute Gasteiger partial charge is 0.508 e. The monoisotopic (exact) mass is 206 g/mol. The van der Waals surface area contributed by atoms with Crippen molar-refractivity contribution in [3.05, 3.63) is 35.9 Å². The molecular formula is C12H14O3. The third kappa shape index (κ3) is 3.13. The molecule has 0 unspecified atom stereocenters. The first-order valence-electron chi connectivity index (χ1n) is 4.81. The van der Waals surface area contributed by atoms with Crippen molar-refractivity contribution in [3.8, 4) is 11.5 Å². The lowest BCUT2D eigenvalue weighted by molar-refractivity contribution is 0.0981. The first-order chi connectivity index (χ1) is 7.15. The van der Waals surface area contributed by atoms with Crippen LogP contribution >= 0.6 is 0 Å². The van der Waals surface area contributed by atoms with Crippen LogP contribution < -0.4 is 0 Å². The van der Waals surface area contributed by atoms with Crippen molar-refractivity contribution in [3.63, 3.8) is 0 Å². The van der Waals surface area contributed by atoms with E-state index in [4.69, 9.17) is 5.11 Å². The molecule has 1 rings (SSSR count). The van der Waals surface area contributed by atoms with Crippen molar-refractivity contribution in [2.24, 2.45) is 0 Å². The molecule has 0 atom stereocenters. The summed E-state index contributed by atoms with van der Waals surface area (Å²) in [5, 5.41) is 18.5. The maximum Gasteiger partial charge on any atom is 0.166 e. The van der Waals surface area contributed by atoms with E-state index < -0.39 is 0 Å². The fraction of sp³-hybridized carbons (Fsp3) is 0.250. The van der Waals surface area contributed by atoms with E-state index in [1.165, 1.54) is 18.2 Å². The molecule has 2 N–H and O–H groups in total. The SMILES string of the molecule is C/C=C/CCC(=O)c1ccc(O)cc1O. The third-order valence-corrected chi connectivity index (χ3v) is 2.06. The Morgan fingerprint density at radius 1 is 1.40 bits per heavy atom. The highest BCUT2D eigenvalue weighted by molar-refractivity contribution is 5.98. The van der Waals surface area contributed by atoms with Gasteiger partial charge in [-0.15, -0.1) is 0 Å². The Labute approximate surface area is 88.7 Å². The molecule has 0 aliphatic heterocycles. The molecule has 15 heavy (non-hydrogen) atoms. The van der Waals surface area contributed by atoms with Crippen LogP contribution in [0.25, 0.3) is 0 Å². The van der Waals surface area contributed by atoms with E-state index >= 15 is 0 Å². The van der Waals surface area contributed by atoms with E-state index in [0.717, 1.165) is 0 Å². The van der Waals surface area contributed by atoms with E-state index in [9.17, 15) is 9.90 Å². The number of phenols is 2. The minimum atomic E-state index is -0.166. The molecule has 3 nitrogen and oxygen atoms in total. The Kier molecular flexibility index (Phi) is 3.92. The Morgan fingerprint density at radius 2 is 2.13 bits per heavy atom. The van der Waals surface area contributed by atoms with Gasteiger partial charge in [-0.25, -0.2) is 0 Å². The minimum Gasteiger partial charge on any atom is -0.508 e. The van der Waals surface area contributed by atoms with E-state index in [-0.39, 0.29) is 22.8 Å². The molecule has 0 aromatic heterocycles. The first kappa shape index (κ1) is 11.3. The average molecular weight is 206 g/mol. The number of benzene rings is 1. The lowest BCUT2D eigenvalue weighted by atomic mass is 10.1. The smallest absolute Gasteiger partial charge is 0.166 e. The van der Waals surface area contributed by atoms with Crippen LogP contribution in [-0.2, 0) is 0 Å². The molecule has 0 saturated carbocycles. The molecule has 0 bridgehead atoms. The van der Waals surface area contributed by atoms with Gasteiger partial charge in [-0.2, -0.15) is 0 Å². The van der Waals surface area contributed by atoms with Gasteiger partial charge < -0.3 is 10.2 Å². The maximum atomic E-state index is 11.6. The minimum absolute atomic E-state index is 0.0440. The average Bonchev–Trinajstić information content (AvgIpc) is 2.17. The van der Waals surface area contributed by atoms with Crippen molar-refractivity contribution >= 4 is 5.78 Å². The number of aromatic hydroxyl groups is 2. The van der Waals surface area contributed by atoms with Gasteiger partial charge in [-0.3, -0.25) is 4.79 Å². The Morgan fingerprint density at radius 3 is 2.73 bits per heavy atom. The van der Waals surface area contributed by atoms with Crippen LogP contribution in [0, 0.1) is 0 Å². The fourth-order valence-corrected chi connectivity index (χ4v) is 1.27. The number of rotatable bonds is 4. The van der Waals surface area contributed by atoms with Crippen LogP contribution in [0.5, 0.6) is 11.5 Å². The van der Waals surface area contributed by atoms with Crippen LogP contribution in [0.2, 0.25) is 0 Å². The molecule has 0 spiro atoms. The number of allylic oxidation sites excluding steroid dienone is 2. The molecule has 0 heterocycles. The van der Waals surface area contributed by atoms with Crippen molar-refractivity contribution in [2.45, 2.75) is 19.8 Å². The summed E-state index contributed by atoms with van der Waals surface area (Å²) in [6.07, 6.45) is 4.80. The standard InChI is InChI=1S/C12H14O3/c1-2-3-4-5-11(14)10-7-6-9(13)8-12(10)15/h2-3,6-8,13,15H,4-5H2,1H3/b3-2+. The maximum absolute atomic E-state index is 11.6. The molecular weight excluding hydrogens is 192 g/mol. The van der Waals surface area contributed by atoms with Gasteiger partial charge in [0, 0.05) is 12.5 Å². The summed E-state index contributed by atoms with van der Waals surface area (Å²) in [5.41, 5.74) is 0.261. The second-order valence-electron chi connectivity index (χ2n) is 3.23. The number of hydrogen-bond donors (Lipinski definition) is 2. The molecule has 1 aromatic rings. The van der Waals surface area contributed by atoms with Gasteiger partial charge in [-0.1, -0.05) is 12.2 Å². The number of carbonyl (C=O) groups excluding carboxylic acids is 1. The van der Waals surface area contributed by atoms with Gasteiger partial charge in [0.2, 0.25) is 0 Å². The fourth-order valence-electron chi connectivity index (χ4n) is 1.27. The van der Waals surface area contributed by atoms with Crippen molar-refractivity contribution in [2.75, 3.05) is 0 Å². The van der Waals surface area contributed by atoms with Gasteiger partial charge in [0.15, 0.2) is 5.78 Å². The molecule has 0 fully saturated rings. The summed E-state index contributed by atoms with van der Waals surface area (Å²) < 4.78 is 0. The molecule has 80 valence electrons. The van der Waals surface area contributed by atoms with Crippen LogP contribution in [0.1, 0.15) is 30.1 Å². The van der Waals surface area contributed by atoms with Gasteiger partial charge in [0.05, 0.1) is 5.56 Å². The number of phenolic OH excluding ortho intramolecular Hbond substituents is 2. The van der Waals surface area contributed by atoms with E-state index in [1.807, 2.05) is 19.1 Å². The zero-order valence-electron chi connectivity index (χ0n) is 8.60. The van der Waals surface area contributed by atoms with Crippen LogP contribution in [0.3, 0.4) is 0 Å². The van der Waals surface area contributed by atoms with Gasteiger partial charge >= 0.3 is 0 Å². The molecule has 1 aromatic carbocycles. The summed E-state index contributed by atoms with van der Waals surface area (Å²) in [7, 11) is 0. The molecule has 3 heteroatoms. The predicted octanol–water partition coefficient (Wildman–Crippen LogP) is 2.64. The van der Waals surface area contributed by atoms with Crippen LogP contribution in [0.4, 0.5) is 0 Å². The van der Waals surface area contributed by atoms with E-state index in [2.05, 4.69) is 0 Å². The second kappa shape index (κ2) is 5.20. The number of ketones is 1. The highest BCUT2D eigenvalue weighted by Gasteiger charge is 2.10. The number of hydrogen-bond acceptors (Lipinski definition) is 3. The summed E-state index contributed by atoms with van der Waals surface area (Å²) in [4.78, 5) is 11.6. The Balaban J connectivity index is 2.73. The summed E-state index contributed by atoms with van der Waals surface area (Å²) >= 11 is 0. The van der Waals surface area contributed by atoms with Gasteiger partial charge in [0.1, 0.15) is 11.5 Å². The van der Waals surface area contributed by atoms with Crippen molar-refractivity contribution in [1.29, 1.82) is 0 Å². The van der Waals surface area contributed by atoms with Crippen molar-refractivity contribution < 1.29 is 15.0 Å². The lowest BCUT2D eigenvalue weighted by Crippen LogP contribution is -1.98. The van der Waals surface area contributed by atoms with Crippen LogP contribution in [-0.4, -0.2) is 16.0 Å². The van der Waals surface area contributed by atoms with Crippen LogP contribution in [0.15, 0.2) is 30.4 Å². The molecule has 0 amide bonds. The summed E-state index contributed by atoms with van der Waals surface area (Å²) in [6, 6.07) is 3.99. The van der Waals surface area contributed by atoms with Crippen molar-refractivity contribution in [1.82, 2.24) is 0 Å². The molecule has 0 aliphatic carbocycles. The van der Waals surface area contributed by atoms with E-state index in [0.29, 0.717) is 12.8 Å². The topological polar surface area (TPSA) is 57.5 Å². The first-order valence-corrected chi connectivity index (χ1v) is 4.81. The molecule has 0 radical (unpaired) electrons. The normalized spacial score (nSPS) is 10.7. The number of Topliss-reactive ketones (excluding diaryl/α,β-unsaturated/α-hetero) is 1. The lowest BCUT2D eigenvalue weighted by Gasteiger charge is -2.02. The summed E-state index contributed by atoms with van der Waals surface area (Å²) in [6.45, 7) is 1.89. The summed E-state index contributed by atoms with van der Waals surface area (Å²) in [5.74, 6) is -0.330. The Hall–Kier alpha value is -1.77. The zero-order valence-corrected chi connectivity index (χ0v) is 8.60. The van der Waals surface area contributed by atoms with Gasteiger partial charge in [0.25, 0.3) is 0 Å². The highest BCUT2D eigenvalue weighted by Crippen LogP contribution is 2.23. The zero-order chi connectivity index (χ0) is 11.3. The molecule has 0 aliphatic rings. The molecule has 0 saturated heterocycles. The third-order valence-electron chi connectivity index (χ3n) is 2.06. The highest BCUT2D eigenvalue weighted by atomic mass is 16.3. The second-order valence-corrected chi connectivity index (χ2v) is 3.23. The van der Waals surface area contributed by atoms with Gasteiger partial charge in [-0.05, 0) is 25.5 Å². The predicted molar refractivity (Wildman–Crippen MR) is 58.2 cm³/mol. The Bertz CT molecular complexity index is 380. The number of carbonyl (C=O) groups is 1.